The highest BCUT2D eigenvalue weighted by atomic mass is 32.1. The summed E-state index contributed by atoms with van der Waals surface area (Å²) in [6, 6.07) is 9.25. The number of aromatic amines is 1. The van der Waals surface area contributed by atoms with E-state index >= 15 is 0 Å². The summed E-state index contributed by atoms with van der Waals surface area (Å²) in [5.41, 5.74) is 2.69. The lowest BCUT2D eigenvalue weighted by molar-refractivity contribution is -0.114. The number of fused-ring (bicyclic) bond motifs is 3. The third-order valence-corrected chi connectivity index (χ3v) is 6.23. The number of aromatic nitrogens is 2. The van der Waals surface area contributed by atoms with Crippen molar-refractivity contribution >= 4 is 44.8 Å². The van der Waals surface area contributed by atoms with Crippen molar-refractivity contribution in [2.45, 2.75) is 33.1 Å². The summed E-state index contributed by atoms with van der Waals surface area (Å²) >= 11 is 1.57. The maximum Gasteiger partial charge on any atom is 0.260 e. The topological polar surface area (TPSA) is 98.6 Å². The second-order valence-electron chi connectivity index (χ2n) is 7.42. The minimum atomic E-state index is -0.181. The summed E-state index contributed by atoms with van der Waals surface area (Å²) in [4.78, 5) is 33.2. The van der Waals surface area contributed by atoms with Gasteiger partial charge < -0.3 is 10.3 Å². The second kappa shape index (κ2) is 7.64. The molecule has 1 amide bonds. The maximum absolute atomic E-state index is 12.8. The van der Waals surface area contributed by atoms with E-state index in [4.69, 9.17) is 0 Å². The third kappa shape index (κ3) is 3.84. The minimum absolute atomic E-state index is 0.144. The van der Waals surface area contributed by atoms with Gasteiger partial charge >= 0.3 is 0 Å². The summed E-state index contributed by atoms with van der Waals surface area (Å²) < 4.78 is 0. The van der Waals surface area contributed by atoms with Gasteiger partial charge in [-0.15, -0.1) is 11.3 Å². The smallest absolute Gasteiger partial charge is 0.260 e. The van der Waals surface area contributed by atoms with Crippen LogP contribution in [0.5, 0.6) is 0 Å². The molecular weight excluding hydrogens is 384 g/mol. The third-order valence-electron chi connectivity index (χ3n) is 5.08. The molecule has 0 aliphatic heterocycles. The van der Waals surface area contributed by atoms with E-state index in [-0.39, 0.29) is 22.9 Å². The number of nitriles is 1. The average Bonchev–Trinajstić information content (AvgIpc) is 3.04. The molecule has 0 bridgehead atoms. The van der Waals surface area contributed by atoms with Crippen molar-refractivity contribution in [1.82, 2.24) is 9.97 Å². The monoisotopic (exact) mass is 404 g/mol. The molecule has 146 valence electrons. The lowest BCUT2D eigenvalue weighted by Gasteiger charge is -2.17. The van der Waals surface area contributed by atoms with Crippen LogP contribution in [0.25, 0.3) is 21.9 Å². The number of nitrogens with zero attached hydrogens (tertiary/aromatic N) is 2. The van der Waals surface area contributed by atoms with Crippen LogP contribution in [0.3, 0.4) is 0 Å². The van der Waals surface area contributed by atoms with E-state index in [1.165, 1.54) is 11.8 Å². The summed E-state index contributed by atoms with van der Waals surface area (Å²) in [5, 5.41) is 13.0. The Labute approximate surface area is 171 Å². The van der Waals surface area contributed by atoms with Gasteiger partial charge in [0.2, 0.25) is 5.91 Å². The Balaban J connectivity index is 1.72. The zero-order valence-corrected chi connectivity index (χ0v) is 17.0. The fraction of sp³-hybridized carbons (Fsp3) is 0.273. The van der Waals surface area contributed by atoms with Crippen LogP contribution in [0.15, 0.2) is 29.1 Å². The molecule has 2 N–H and O–H groups in total. The van der Waals surface area contributed by atoms with Gasteiger partial charge in [0.25, 0.3) is 5.56 Å². The molecule has 0 saturated carbocycles. The van der Waals surface area contributed by atoms with Crippen LogP contribution in [-0.2, 0) is 17.6 Å². The number of carbonyl (C=O) groups is 1. The van der Waals surface area contributed by atoms with Gasteiger partial charge in [-0.1, -0.05) is 19.1 Å². The van der Waals surface area contributed by atoms with Gasteiger partial charge in [0, 0.05) is 17.5 Å². The van der Waals surface area contributed by atoms with E-state index < -0.39 is 0 Å². The van der Waals surface area contributed by atoms with Crippen molar-refractivity contribution in [2.75, 3.05) is 5.32 Å². The number of H-pyrrole nitrogens is 1. The number of aryl methyl sites for hydroxylation is 1. The van der Waals surface area contributed by atoms with Crippen LogP contribution >= 0.6 is 11.3 Å². The first-order valence-electron chi connectivity index (χ1n) is 9.49. The Kier molecular flexibility index (Phi) is 5.03. The molecule has 0 spiro atoms. The van der Waals surface area contributed by atoms with Crippen LogP contribution in [0.2, 0.25) is 0 Å². The molecule has 3 aromatic rings. The highest BCUT2D eigenvalue weighted by Gasteiger charge is 2.23. The standard InChI is InChI=1S/C22H20N4O2S/c1-12-3-8-17-18(9-12)29-22-19(17)21(28)25-20(26-22)15(11-23)10-14-4-6-16(7-5-14)24-13(2)27/h4-7,10,12H,3,8-9H2,1-2H3,(H,24,27)(H,25,26,28)/b15-10+/t12-/m1/s1. The van der Waals surface area contributed by atoms with Crippen LogP contribution in [0.4, 0.5) is 5.69 Å². The molecule has 1 aliphatic rings. The zero-order valence-electron chi connectivity index (χ0n) is 16.2. The maximum atomic E-state index is 12.8. The molecule has 4 rings (SSSR count). The molecule has 7 heteroatoms. The molecule has 0 unspecified atom stereocenters. The fourth-order valence-corrected chi connectivity index (χ4v) is 5.05. The highest BCUT2D eigenvalue weighted by molar-refractivity contribution is 7.18. The zero-order chi connectivity index (χ0) is 20.5. The van der Waals surface area contributed by atoms with E-state index in [1.807, 2.05) is 0 Å². The first kappa shape index (κ1) is 19.1. The number of rotatable bonds is 3. The van der Waals surface area contributed by atoms with E-state index in [0.29, 0.717) is 21.8 Å². The molecule has 6 nitrogen and oxygen atoms in total. The van der Waals surface area contributed by atoms with Crippen molar-refractivity contribution < 1.29 is 4.79 Å². The van der Waals surface area contributed by atoms with Gasteiger partial charge in [-0.05, 0) is 54.5 Å². The van der Waals surface area contributed by atoms with Crippen molar-refractivity contribution in [3.8, 4) is 6.07 Å². The number of thiophene rings is 1. The number of amides is 1. The summed E-state index contributed by atoms with van der Waals surface area (Å²) in [7, 11) is 0. The molecule has 29 heavy (non-hydrogen) atoms. The molecule has 0 saturated heterocycles. The van der Waals surface area contributed by atoms with Gasteiger partial charge in [0.1, 0.15) is 10.9 Å². The molecule has 2 aromatic heterocycles. The van der Waals surface area contributed by atoms with Crippen molar-refractivity contribution in [2.24, 2.45) is 5.92 Å². The van der Waals surface area contributed by atoms with Gasteiger partial charge in [-0.2, -0.15) is 5.26 Å². The number of hydrogen-bond donors (Lipinski definition) is 2. The normalized spacial score (nSPS) is 16.3. The van der Waals surface area contributed by atoms with Gasteiger partial charge in [-0.25, -0.2) is 4.98 Å². The molecule has 0 fully saturated rings. The highest BCUT2D eigenvalue weighted by Crippen LogP contribution is 2.35. The van der Waals surface area contributed by atoms with Crippen LogP contribution in [0.1, 0.15) is 42.1 Å². The van der Waals surface area contributed by atoms with Crippen LogP contribution in [0, 0.1) is 17.2 Å². The van der Waals surface area contributed by atoms with E-state index in [2.05, 4.69) is 28.3 Å². The van der Waals surface area contributed by atoms with Crippen LogP contribution in [-0.4, -0.2) is 15.9 Å². The summed E-state index contributed by atoms with van der Waals surface area (Å²) in [6.07, 6.45) is 4.64. The Bertz CT molecular complexity index is 1230. The van der Waals surface area contributed by atoms with Gasteiger partial charge in [0.15, 0.2) is 5.82 Å². The number of anilines is 1. The van der Waals surface area contributed by atoms with Gasteiger partial charge in [-0.3, -0.25) is 9.59 Å². The second-order valence-corrected chi connectivity index (χ2v) is 8.50. The molecule has 1 aliphatic carbocycles. The van der Waals surface area contributed by atoms with E-state index in [9.17, 15) is 14.9 Å². The van der Waals surface area contributed by atoms with Crippen LogP contribution < -0.4 is 10.9 Å². The average molecular weight is 404 g/mol. The van der Waals surface area contributed by atoms with E-state index in [1.54, 1.807) is 41.7 Å². The SMILES string of the molecule is CC(=O)Nc1ccc(/C=C(\C#N)c2nc3sc4c(c3c(=O)[nH]2)CC[C@@H](C)C4)cc1. The predicted molar refractivity (Wildman–Crippen MR) is 116 cm³/mol. The Morgan fingerprint density at radius 3 is 2.83 bits per heavy atom. The molecule has 1 atom stereocenters. The number of allylic oxidation sites excluding steroid dienone is 1. The Hall–Kier alpha value is -3.24. The molecular formula is C22H20N4O2S. The largest absolute Gasteiger partial charge is 0.326 e. The van der Waals surface area contributed by atoms with Crippen molar-refractivity contribution in [3.63, 3.8) is 0 Å². The predicted octanol–water partition coefficient (Wildman–Crippen LogP) is 4.13. The lowest BCUT2D eigenvalue weighted by Crippen LogP contribution is -2.14. The van der Waals surface area contributed by atoms with Crippen molar-refractivity contribution in [3.05, 3.63) is 56.4 Å². The Morgan fingerprint density at radius 2 is 2.14 bits per heavy atom. The summed E-state index contributed by atoms with van der Waals surface area (Å²) in [5.74, 6) is 0.751. The number of carbonyl (C=O) groups excluding carboxylic acids is 1. The molecule has 1 aromatic carbocycles. The number of nitrogens with one attached hydrogen (secondary N) is 2. The minimum Gasteiger partial charge on any atom is -0.326 e. The molecule has 2 heterocycles. The first-order chi connectivity index (χ1) is 13.9. The summed E-state index contributed by atoms with van der Waals surface area (Å²) in [6.45, 7) is 3.67. The van der Waals surface area contributed by atoms with E-state index in [0.717, 1.165) is 30.4 Å². The number of benzene rings is 1. The molecule has 0 radical (unpaired) electrons. The Morgan fingerprint density at radius 1 is 1.38 bits per heavy atom. The van der Waals surface area contributed by atoms with Crippen molar-refractivity contribution in [1.29, 1.82) is 5.26 Å². The first-order valence-corrected chi connectivity index (χ1v) is 10.3. The quantitative estimate of drug-likeness (QED) is 0.641. The fourth-order valence-electron chi connectivity index (χ4n) is 3.66. The lowest BCUT2D eigenvalue weighted by atomic mass is 9.89. The number of hydrogen-bond acceptors (Lipinski definition) is 5. The van der Waals surface area contributed by atoms with Gasteiger partial charge in [0.05, 0.1) is 11.0 Å².